The number of hydrogen-bond donors (Lipinski definition) is 3. The molecule has 3 amide bonds. The Morgan fingerprint density at radius 1 is 1.17 bits per heavy atom. The monoisotopic (exact) mass is 343 g/mol. The minimum Gasteiger partial charge on any atom is -0.456 e. The van der Waals surface area contributed by atoms with Crippen LogP contribution in [0.2, 0.25) is 0 Å². The number of imide groups is 1. The maximum Gasteiger partial charge on any atom is 0.318 e. The molecule has 0 aliphatic carbocycles. The maximum atomic E-state index is 11.9. The van der Waals surface area contributed by atoms with Gasteiger partial charge in [0.2, 0.25) is 10.0 Å². The molecule has 0 saturated heterocycles. The van der Waals surface area contributed by atoms with Crippen LogP contribution in [0.3, 0.4) is 0 Å². The number of sulfonamides is 1. The lowest BCUT2D eigenvalue weighted by Gasteiger charge is -2.07. The number of benzene rings is 1. The van der Waals surface area contributed by atoms with E-state index in [4.69, 9.17) is 5.73 Å². The lowest BCUT2D eigenvalue weighted by molar-refractivity contribution is -0.148. The standard InChI is InChI=1S/C13H17N3O6S/c1-9-2-4-10(5-3-9)23(20,21)15-7-6-12(18)22-8-11(17)16-13(14)19/h2-5,15H,6-8H2,1H3,(H3,14,16,17,19). The zero-order valence-electron chi connectivity index (χ0n) is 12.4. The summed E-state index contributed by atoms with van der Waals surface area (Å²) in [5.74, 6) is -1.66. The lowest BCUT2D eigenvalue weighted by atomic mass is 10.2. The number of esters is 1. The third kappa shape index (κ3) is 6.89. The van der Waals surface area contributed by atoms with Gasteiger partial charge in [-0.2, -0.15) is 0 Å². The second-order valence-electron chi connectivity index (χ2n) is 4.53. The molecule has 0 heterocycles. The number of amides is 3. The van der Waals surface area contributed by atoms with E-state index in [2.05, 4.69) is 9.46 Å². The minimum absolute atomic E-state index is 0.0808. The van der Waals surface area contributed by atoms with Gasteiger partial charge in [-0.3, -0.25) is 14.9 Å². The Morgan fingerprint density at radius 2 is 1.78 bits per heavy atom. The Labute approximate surface area is 133 Å². The van der Waals surface area contributed by atoms with Crippen LogP contribution in [0, 0.1) is 6.92 Å². The van der Waals surface area contributed by atoms with Crippen molar-refractivity contribution < 1.29 is 27.5 Å². The van der Waals surface area contributed by atoms with Gasteiger partial charge in [0.25, 0.3) is 5.91 Å². The van der Waals surface area contributed by atoms with Crippen molar-refractivity contribution in [2.24, 2.45) is 5.73 Å². The number of primary amides is 1. The average molecular weight is 343 g/mol. The summed E-state index contributed by atoms with van der Waals surface area (Å²) in [7, 11) is -3.72. The highest BCUT2D eigenvalue weighted by atomic mass is 32.2. The fourth-order valence-electron chi connectivity index (χ4n) is 1.48. The van der Waals surface area contributed by atoms with Crippen LogP contribution in [0.1, 0.15) is 12.0 Å². The van der Waals surface area contributed by atoms with E-state index in [-0.39, 0.29) is 17.9 Å². The largest absolute Gasteiger partial charge is 0.456 e. The molecule has 0 spiro atoms. The molecular weight excluding hydrogens is 326 g/mol. The molecule has 0 radical (unpaired) electrons. The van der Waals surface area contributed by atoms with Crippen molar-refractivity contribution in [2.45, 2.75) is 18.2 Å². The molecule has 10 heteroatoms. The summed E-state index contributed by atoms with van der Waals surface area (Å²) in [6.07, 6.45) is -0.269. The van der Waals surface area contributed by atoms with Crippen LogP contribution in [-0.4, -0.2) is 39.5 Å². The Bertz CT molecular complexity index is 684. The quantitative estimate of drug-likeness (QED) is 0.564. The Hall–Kier alpha value is -2.46. The fourth-order valence-corrected chi connectivity index (χ4v) is 2.51. The van der Waals surface area contributed by atoms with E-state index < -0.39 is 34.5 Å². The summed E-state index contributed by atoms with van der Waals surface area (Å²) < 4.78 is 30.7. The zero-order valence-corrected chi connectivity index (χ0v) is 13.2. The van der Waals surface area contributed by atoms with Crippen molar-refractivity contribution in [1.29, 1.82) is 0 Å². The topological polar surface area (TPSA) is 145 Å². The van der Waals surface area contributed by atoms with Crippen molar-refractivity contribution in [3.63, 3.8) is 0 Å². The smallest absolute Gasteiger partial charge is 0.318 e. The van der Waals surface area contributed by atoms with E-state index in [0.29, 0.717) is 0 Å². The van der Waals surface area contributed by atoms with Crippen LogP contribution < -0.4 is 15.8 Å². The summed E-state index contributed by atoms with van der Waals surface area (Å²) in [6, 6.07) is 5.14. The molecule has 0 bridgehead atoms. The molecule has 4 N–H and O–H groups in total. The molecular formula is C13H17N3O6S. The van der Waals surface area contributed by atoms with E-state index >= 15 is 0 Å². The van der Waals surface area contributed by atoms with E-state index in [1.807, 2.05) is 6.92 Å². The first-order valence-corrected chi connectivity index (χ1v) is 8.00. The van der Waals surface area contributed by atoms with Crippen molar-refractivity contribution in [3.05, 3.63) is 29.8 Å². The number of nitrogens with one attached hydrogen (secondary N) is 2. The lowest BCUT2D eigenvalue weighted by Crippen LogP contribution is -2.38. The zero-order chi connectivity index (χ0) is 17.5. The third-order valence-corrected chi connectivity index (χ3v) is 4.06. The Balaban J connectivity index is 2.38. The molecule has 0 aliphatic rings. The predicted octanol–water partition coefficient (Wildman–Crippen LogP) is -0.598. The van der Waals surface area contributed by atoms with Crippen LogP contribution in [-0.2, 0) is 24.3 Å². The molecule has 0 fully saturated rings. The van der Waals surface area contributed by atoms with Crippen LogP contribution in [0.5, 0.6) is 0 Å². The summed E-state index contributed by atoms with van der Waals surface area (Å²) in [5.41, 5.74) is 5.62. The number of carbonyl (C=O) groups is 3. The number of aryl methyl sites for hydroxylation is 1. The fraction of sp³-hybridized carbons (Fsp3) is 0.308. The molecule has 0 aliphatic heterocycles. The third-order valence-electron chi connectivity index (χ3n) is 2.58. The first-order valence-electron chi connectivity index (χ1n) is 6.52. The highest BCUT2D eigenvalue weighted by Crippen LogP contribution is 2.09. The molecule has 0 atom stereocenters. The van der Waals surface area contributed by atoms with E-state index in [0.717, 1.165) is 5.56 Å². The van der Waals surface area contributed by atoms with Crippen molar-refractivity contribution >= 4 is 27.9 Å². The molecule has 0 saturated carbocycles. The number of urea groups is 1. The summed E-state index contributed by atoms with van der Waals surface area (Å²) in [4.78, 5) is 32.8. The SMILES string of the molecule is Cc1ccc(S(=O)(=O)NCCC(=O)OCC(=O)NC(N)=O)cc1. The number of hydrogen-bond acceptors (Lipinski definition) is 6. The van der Waals surface area contributed by atoms with Gasteiger partial charge in [0.1, 0.15) is 0 Å². The number of nitrogens with two attached hydrogens (primary N) is 1. The Kier molecular flexibility index (Phi) is 6.66. The van der Waals surface area contributed by atoms with E-state index in [1.54, 1.807) is 17.4 Å². The van der Waals surface area contributed by atoms with Gasteiger partial charge in [0.15, 0.2) is 6.61 Å². The average Bonchev–Trinajstić information content (AvgIpc) is 2.44. The van der Waals surface area contributed by atoms with Crippen molar-refractivity contribution in [1.82, 2.24) is 10.0 Å². The van der Waals surface area contributed by atoms with Crippen LogP contribution in [0.15, 0.2) is 29.2 Å². The maximum absolute atomic E-state index is 11.9. The normalized spacial score (nSPS) is 10.8. The van der Waals surface area contributed by atoms with Gasteiger partial charge in [-0.05, 0) is 19.1 Å². The van der Waals surface area contributed by atoms with Gasteiger partial charge in [0.05, 0.1) is 11.3 Å². The van der Waals surface area contributed by atoms with Crippen LogP contribution in [0.4, 0.5) is 4.79 Å². The Morgan fingerprint density at radius 3 is 2.35 bits per heavy atom. The second kappa shape index (κ2) is 8.25. The summed E-state index contributed by atoms with van der Waals surface area (Å²) >= 11 is 0. The first-order chi connectivity index (χ1) is 10.7. The van der Waals surface area contributed by atoms with Gasteiger partial charge < -0.3 is 10.5 Å². The highest BCUT2D eigenvalue weighted by molar-refractivity contribution is 7.89. The molecule has 1 rings (SSSR count). The summed E-state index contributed by atoms with van der Waals surface area (Å²) in [5, 5.41) is 1.72. The molecule has 1 aromatic rings. The van der Waals surface area contributed by atoms with Crippen molar-refractivity contribution in [3.8, 4) is 0 Å². The molecule has 0 unspecified atom stereocenters. The molecule has 9 nitrogen and oxygen atoms in total. The summed E-state index contributed by atoms with van der Waals surface area (Å²) in [6.45, 7) is 0.965. The molecule has 1 aromatic carbocycles. The molecule has 0 aromatic heterocycles. The van der Waals surface area contributed by atoms with E-state index in [9.17, 15) is 22.8 Å². The molecule has 126 valence electrons. The highest BCUT2D eigenvalue weighted by Gasteiger charge is 2.15. The van der Waals surface area contributed by atoms with E-state index in [1.165, 1.54) is 12.1 Å². The number of ether oxygens (including phenoxy) is 1. The number of rotatable bonds is 7. The first kappa shape index (κ1) is 18.6. The second-order valence-corrected chi connectivity index (χ2v) is 6.30. The van der Waals surface area contributed by atoms with Crippen molar-refractivity contribution in [2.75, 3.05) is 13.2 Å². The van der Waals surface area contributed by atoms with Gasteiger partial charge in [-0.1, -0.05) is 17.7 Å². The van der Waals surface area contributed by atoms with Gasteiger partial charge in [-0.25, -0.2) is 17.9 Å². The molecule has 23 heavy (non-hydrogen) atoms. The predicted molar refractivity (Wildman–Crippen MR) is 79.7 cm³/mol. The van der Waals surface area contributed by atoms with Gasteiger partial charge in [-0.15, -0.1) is 0 Å². The van der Waals surface area contributed by atoms with Crippen LogP contribution in [0.25, 0.3) is 0 Å². The van der Waals surface area contributed by atoms with Gasteiger partial charge >= 0.3 is 12.0 Å². The van der Waals surface area contributed by atoms with Crippen LogP contribution >= 0.6 is 0 Å². The minimum atomic E-state index is -3.72. The number of carbonyl (C=O) groups excluding carboxylic acids is 3. The van der Waals surface area contributed by atoms with Gasteiger partial charge in [0, 0.05) is 6.54 Å².